The summed E-state index contributed by atoms with van der Waals surface area (Å²) in [6.07, 6.45) is 1.96. The molecule has 2 rings (SSSR count). The number of likely N-dealkylation sites (tertiary alicyclic amines) is 1. The molecular formula is C13H21ClN2O2S2. The van der Waals surface area contributed by atoms with Crippen molar-refractivity contribution in [3.05, 3.63) is 15.8 Å². The molecule has 1 aliphatic rings. The van der Waals surface area contributed by atoms with E-state index < -0.39 is 10.0 Å². The van der Waals surface area contributed by atoms with Crippen molar-refractivity contribution >= 4 is 33.0 Å². The molecule has 1 aromatic rings. The van der Waals surface area contributed by atoms with Crippen LogP contribution in [-0.2, 0) is 15.9 Å². The summed E-state index contributed by atoms with van der Waals surface area (Å²) in [5, 5.41) is 0. The van der Waals surface area contributed by atoms with Crippen LogP contribution in [0.2, 0.25) is 0 Å². The Hall–Kier alpha value is -0.140. The van der Waals surface area contributed by atoms with Crippen molar-refractivity contribution in [2.75, 3.05) is 27.2 Å². The SMILES string of the molecule is Cc1sc(CCl)cc1S(=O)(=O)N(C)C1CCCN(C)C1. The maximum absolute atomic E-state index is 12.8. The second-order valence-electron chi connectivity index (χ2n) is 5.35. The first-order valence-electron chi connectivity index (χ1n) is 6.68. The number of likely N-dealkylation sites (N-methyl/N-ethyl adjacent to an activating group) is 2. The predicted molar refractivity (Wildman–Crippen MR) is 84.1 cm³/mol. The molecule has 2 heterocycles. The van der Waals surface area contributed by atoms with Gasteiger partial charge in [0, 0.05) is 29.4 Å². The van der Waals surface area contributed by atoms with Crippen molar-refractivity contribution < 1.29 is 8.42 Å². The molecule has 1 aliphatic heterocycles. The first-order valence-corrected chi connectivity index (χ1v) is 9.47. The van der Waals surface area contributed by atoms with Gasteiger partial charge < -0.3 is 4.90 Å². The van der Waals surface area contributed by atoms with Gasteiger partial charge in [0.25, 0.3) is 0 Å². The van der Waals surface area contributed by atoms with Crippen molar-refractivity contribution in [1.29, 1.82) is 0 Å². The molecule has 0 spiro atoms. The van der Waals surface area contributed by atoms with Gasteiger partial charge in [-0.2, -0.15) is 4.31 Å². The Morgan fingerprint density at radius 1 is 1.55 bits per heavy atom. The van der Waals surface area contributed by atoms with Crippen molar-refractivity contribution in [3.8, 4) is 0 Å². The van der Waals surface area contributed by atoms with Crippen LogP contribution in [0.25, 0.3) is 0 Å². The van der Waals surface area contributed by atoms with Crippen LogP contribution in [0.3, 0.4) is 0 Å². The van der Waals surface area contributed by atoms with Crippen LogP contribution in [0, 0.1) is 6.92 Å². The van der Waals surface area contributed by atoms with Gasteiger partial charge in [0.15, 0.2) is 0 Å². The molecule has 1 unspecified atom stereocenters. The molecule has 0 bridgehead atoms. The predicted octanol–water partition coefficient (Wildman–Crippen LogP) is 2.51. The van der Waals surface area contributed by atoms with Crippen molar-refractivity contribution in [1.82, 2.24) is 9.21 Å². The molecule has 1 saturated heterocycles. The Balaban J connectivity index is 2.26. The van der Waals surface area contributed by atoms with E-state index in [9.17, 15) is 8.42 Å². The third-order valence-electron chi connectivity index (χ3n) is 3.83. The smallest absolute Gasteiger partial charge is 0.244 e. The fourth-order valence-corrected chi connectivity index (χ4v) is 5.70. The van der Waals surface area contributed by atoms with Crippen LogP contribution in [0.15, 0.2) is 11.0 Å². The number of thiophene rings is 1. The number of sulfonamides is 1. The van der Waals surface area contributed by atoms with Crippen LogP contribution < -0.4 is 0 Å². The number of halogens is 1. The van der Waals surface area contributed by atoms with E-state index in [0.717, 1.165) is 35.7 Å². The molecule has 0 saturated carbocycles. The fourth-order valence-electron chi connectivity index (χ4n) is 2.63. The van der Waals surface area contributed by atoms with Gasteiger partial charge in [-0.05, 0) is 39.4 Å². The number of hydrogen-bond donors (Lipinski definition) is 0. The number of rotatable bonds is 4. The number of hydrogen-bond acceptors (Lipinski definition) is 4. The minimum atomic E-state index is -3.42. The molecular weight excluding hydrogens is 316 g/mol. The largest absolute Gasteiger partial charge is 0.305 e. The second kappa shape index (κ2) is 6.32. The molecule has 0 aromatic carbocycles. The van der Waals surface area contributed by atoms with Crippen LogP contribution in [0.5, 0.6) is 0 Å². The Morgan fingerprint density at radius 2 is 2.25 bits per heavy atom. The number of alkyl halides is 1. The lowest BCUT2D eigenvalue weighted by Gasteiger charge is -2.35. The van der Waals surface area contributed by atoms with Crippen LogP contribution in [0.1, 0.15) is 22.6 Å². The van der Waals surface area contributed by atoms with Gasteiger partial charge in [0.2, 0.25) is 10.0 Å². The van der Waals surface area contributed by atoms with Crippen LogP contribution in [-0.4, -0.2) is 50.8 Å². The lowest BCUT2D eigenvalue weighted by molar-refractivity contribution is 0.187. The summed E-state index contributed by atoms with van der Waals surface area (Å²) in [6, 6.07) is 1.77. The Bertz CT molecular complexity index is 571. The summed E-state index contributed by atoms with van der Waals surface area (Å²) in [5.74, 6) is 0.358. The molecule has 0 N–H and O–H groups in total. The molecule has 0 amide bonds. The third-order valence-corrected chi connectivity index (χ3v) is 7.49. The van der Waals surface area contributed by atoms with Gasteiger partial charge in [-0.15, -0.1) is 22.9 Å². The van der Waals surface area contributed by atoms with E-state index in [1.807, 2.05) is 14.0 Å². The van der Waals surface area contributed by atoms with E-state index in [0.29, 0.717) is 10.8 Å². The second-order valence-corrected chi connectivity index (χ2v) is 8.92. The topological polar surface area (TPSA) is 40.6 Å². The summed E-state index contributed by atoms with van der Waals surface area (Å²) in [7, 11) is 0.303. The van der Waals surface area contributed by atoms with Crippen molar-refractivity contribution in [2.45, 2.75) is 36.6 Å². The first kappa shape index (κ1) is 16.2. The minimum Gasteiger partial charge on any atom is -0.305 e. The van der Waals surface area contributed by atoms with Crippen molar-refractivity contribution in [3.63, 3.8) is 0 Å². The van der Waals surface area contributed by atoms with E-state index >= 15 is 0 Å². The third kappa shape index (κ3) is 3.20. The maximum Gasteiger partial charge on any atom is 0.244 e. The summed E-state index contributed by atoms with van der Waals surface area (Å²) in [4.78, 5) is 4.31. The Kier molecular flexibility index (Phi) is 5.13. The zero-order chi connectivity index (χ0) is 14.9. The number of piperidine rings is 1. The summed E-state index contributed by atoms with van der Waals surface area (Å²) < 4.78 is 27.1. The number of aryl methyl sites for hydroxylation is 1. The molecule has 1 aromatic heterocycles. The normalized spacial score (nSPS) is 21.6. The highest BCUT2D eigenvalue weighted by molar-refractivity contribution is 7.89. The number of nitrogens with zero attached hydrogens (tertiary/aromatic N) is 2. The molecule has 0 aliphatic carbocycles. The zero-order valence-corrected chi connectivity index (χ0v) is 14.5. The summed E-state index contributed by atoms with van der Waals surface area (Å²) in [6.45, 7) is 3.67. The maximum atomic E-state index is 12.8. The van der Waals surface area contributed by atoms with E-state index in [4.69, 9.17) is 11.6 Å². The lowest BCUT2D eigenvalue weighted by Crippen LogP contribution is -2.47. The van der Waals surface area contributed by atoms with Crippen molar-refractivity contribution in [2.24, 2.45) is 0 Å². The zero-order valence-electron chi connectivity index (χ0n) is 12.1. The van der Waals surface area contributed by atoms with E-state index in [2.05, 4.69) is 4.90 Å². The Morgan fingerprint density at radius 3 is 2.80 bits per heavy atom. The quantitative estimate of drug-likeness (QED) is 0.793. The highest BCUT2D eigenvalue weighted by atomic mass is 35.5. The van der Waals surface area contributed by atoms with E-state index in [1.165, 1.54) is 15.6 Å². The Labute approximate surface area is 130 Å². The molecule has 4 nitrogen and oxygen atoms in total. The van der Waals surface area contributed by atoms with Gasteiger partial charge in [-0.25, -0.2) is 8.42 Å². The monoisotopic (exact) mass is 336 g/mol. The molecule has 20 heavy (non-hydrogen) atoms. The van der Waals surface area contributed by atoms with E-state index in [-0.39, 0.29) is 6.04 Å². The van der Waals surface area contributed by atoms with Gasteiger partial charge in [-0.1, -0.05) is 0 Å². The molecule has 7 heteroatoms. The average molecular weight is 337 g/mol. The highest BCUT2D eigenvalue weighted by Gasteiger charge is 2.32. The van der Waals surface area contributed by atoms with Gasteiger partial charge in [-0.3, -0.25) is 0 Å². The van der Waals surface area contributed by atoms with Gasteiger partial charge in [0.1, 0.15) is 0 Å². The molecule has 1 atom stereocenters. The first-order chi connectivity index (χ1) is 9.36. The van der Waals surface area contributed by atoms with Crippen LogP contribution >= 0.6 is 22.9 Å². The minimum absolute atomic E-state index is 0.0532. The van der Waals surface area contributed by atoms with Gasteiger partial charge >= 0.3 is 0 Å². The lowest BCUT2D eigenvalue weighted by atomic mass is 10.1. The van der Waals surface area contributed by atoms with Gasteiger partial charge in [0.05, 0.1) is 10.8 Å². The molecule has 1 fully saturated rings. The average Bonchev–Trinajstić information content (AvgIpc) is 2.80. The molecule has 114 valence electrons. The highest BCUT2D eigenvalue weighted by Crippen LogP contribution is 2.30. The fraction of sp³-hybridized carbons (Fsp3) is 0.692. The van der Waals surface area contributed by atoms with Crippen LogP contribution in [0.4, 0.5) is 0 Å². The summed E-state index contributed by atoms with van der Waals surface area (Å²) >= 11 is 7.26. The standard InChI is InChI=1S/C13H21ClN2O2S2/c1-10-13(7-12(8-14)19-10)20(17,18)16(3)11-5-4-6-15(2)9-11/h7,11H,4-6,8-9H2,1-3H3. The van der Waals surface area contributed by atoms with E-state index in [1.54, 1.807) is 13.1 Å². The molecule has 0 radical (unpaired) electrons. The summed E-state index contributed by atoms with van der Waals surface area (Å²) in [5.41, 5.74) is 0.